The van der Waals surface area contributed by atoms with Crippen LogP contribution in [0.4, 0.5) is 6.01 Å². The van der Waals surface area contributed by atoms with E-state index in [4.69, 9.17) is 13.9 Å². The van der Waals surface area contributed by atoms with Crippen molar-refractivity contribution in [1.29, 1.82) is 0 Å². The molecule has 0 unspecified atom stereocenters. The monoisotopic (exact) mass is 373 g/mol. The van der Waals surface area contributed by atoms with E-state index in [0.717, 1.165) is 16.6 Å². The van der Waals surface area contributed by atoms with Gasteiger partial charge in [0.15, 0.2) is 17.1 Å². The van der Waals surface area contributed by atoms with E-state index in [-0.39, 0.29) is 0 Å². The summed E-state index contributed by atoms with van der Waals surface area (Å²) < 4.78 is 16.9. The number of nitrogens with one attached hydrogen (secondary N) is 1. The van der Waals surface area contributed by atoms with Crippen molar-refractivity contribution in [2.24, 2.45) is 5.10 Å². The summed E-state index contributed by atoms with van der Waals surface area (Å²) >= 11 is 0. The molecule has 28 heavy (non-hydrogen) atoms. The average Bonchev–Trinajstić information content (AvgIpc) is 3.16. The molecule has 1 N–H and O–H groups in total. The van der Waals surface area contributed by atoms with E-state index < -0.39 is 0 Å². The van der Waals surface area contributed by atoms with Gasteiger partial charge in [-0.3, -0.25) is 0 Å². The molecule has 0 atom stereocenters. The van der Waals surface area contributed by atoms with Crippen LogP contribution in [-0.4, -0.2) is 18.3 Å². The quantitative estimate of drug-likeness (QED) is 0.370. The van der Waals surface area contributed by atoms with Gasteiger partial charge in [0, 0.05) is 0 Å². The Bertz CT molecular complexity index is 1060. The maximum atomic E-state index is 5.87. The van der Waals surface area contributed by atoms with Crippen molar-refractivity contribution in [3.05, 3.63) is 83.9 Å². The molecule has 4 rings (SSSR count). The molecule has 6 nitrogen and oxygen atoms in total. The van der Waals surface area contributed by atoms with E-state index >= 15 is 0 Å². The minimum Gasteiger partial charge on any atom is -0.493 e. The highest BCUT2D eigenvalue weighted by Crippen LogP contribution is 2.28. The summed E-state index contributed by atoms with van der Waals surface area (Å²) in [4.78, 5) is 4.31. The first-order valence-corrected chi connectivity index (χ1v) is 8.81. The summed E-state index contributed by atoms with van der Waals surface area (Å²) in [5.74, 6) is 1.32. The first-order chi connectivity index (χ1) is 13.8. The maximum absolute atomic E-state index is 5.87. The maximum Gasteiger partial charge on any atom is 0.316 e. The number of methoxy groups -OCH3 is 1. The molecule has 0 fully saturated rings. The number of hydrogen-bond donors (Lipinski definition) is 1. The van der Waals surface area contributed by atoms with E-state index in [1.54, 1.807) is 13.3 Å². The first kappa shape index (κ1) is 17.6. The van der Waals surface area contributed by atoms with Crippen molar-refractivity contribution < 1.29 is 13.9 Å². The molecule has 0 bridgehead atoms. The van der Waals surface area contributed by atoms with Gasteiger partial charge in [-0.1, -0.05) is 42.5 Å². The van der Waals surface area contributed by atoms with Gasteiger partial charge >= 0.3 is 6.01 Å². The lowest BCUT2D eigenvalue weighted by molar-refractivity contribution is 0.284. The van der Waals surface area contributed by atoms with Gasteiger partial charge in [-0.2, -0.15) is 10.1 Å². The molecule has 1 heterocycles. The molecule has 3 aromatic carbocycles. The average molecular weight is 373 g/mol. The van der Waals surface area contributed by atoms with Crippen LogP contribution in [0.3, 0.4) is 0 Å². The molecule has 4 aromatic rings. The van der Waals surface area contributed by atoms with Gasteiger partial charge in [0.2, 0.25) is 0 Å². The Morgan fingerprint density at radius 3 is 2.64 bits per heavy atom. The molecule has 1 aromatic heterocycles. The summed E-state index contributed by atoms with van der Waals surface area (Å²) in [5.41, 5.74) is 6.24. The third-order valence-electron chi connectivity index (χ3n) is 4.09. The zero-order valence-corrected chi connectivity index (χ0v) is 15.3. The van der Waals surface area contributed by atoms with E-state index in [2.05, 4.69) is 15.5 Å². The zero-order valence-electron chi connectivity index (χ0n) is 15.3. The predicted molar refractivity (Wildman–Crippen MR) is 109 cm³/mol. The summed E-state index contributed by atoms with van der Waals surface area (Å²) in [7, 11) is 1.61. The van der Waals surface area contributed by atoms with Crippen LogP contribution in [0.1, 0.15) is 11.1 Å². The second kappa shape index (κ2) is 8.26. The minimum absolute atomic E-state index is 0.340. The van der Waals surface area contributed by atoms with Crippen molar-refractivity contribution in [3.8, 4) is 11.5 Å². The second-order valence-corrected chi connectivity index (χ2v) is 6.04. The summed E-state index contributed by atoms with van der Waals surface area (Å²) in [6.45, 7) is 0.476. The molecule has 0 saturated carbocycles. The smallest absolute Gasteiger partial charge is 0.316 e. The fourth-order valence-corrected chi connectivity index (χ4v) is 2.70. The number of anilines is 1. The van der Waals surface area contributed by atoms with Gasteiger partial charge in [-0.25, -0.2) is 5.43 Å². The van der Waals surface area contributed by atoms with Gasteiger partial charge < -0.3 is 13.9 Å². The van der Waals surface area contributed by atoms with E-state index in [1.165, 1.54) is 0 Å². The molecule has 0 amide bonds. The van der Waals surface area contributed by atoms with Crippen LogP contribution in [0.25, 0.3) is 11.1 Å². The molecule has 0 aliphatic carbocycles. The highest BCUT2D eigenvalue weighted by Gasteiger charge is 2.06. The number of para-hydroxylation sites is 2. The van der Waals surface area contributed by atoms with Crippen LogP contribution in [0.5, 0.6) is 11.5 Å². The number of hydrazone groups is 1. The Morgan fingerprint density at radius 2 is 1.82 bits per heavy atom. The number of hydrogen-bond acceptors (Lipinski definition) is 6. The van der Waals surface area contributed by atoms with Crippen LogP contribution >= 0.6 is 0 Å². The number of fused-ring (bicyclic) bond motifs is 1. The highest BCUT2D eigenvalue weighted by molar-refractivity contribution is 5.81. The fourth-order valence-electron chi connectivity index (χ4n) is 2.70. The largest absolute Gasteiger partial charge is 0.493 e. The van der Waals surface area contributed by atoms with Crippen LogP contribution in [-0.2, 0) is 6.61 Å². The Balaban J connectivity index is 1.42. The van der Waals surface area contributed by atoms with Crippen LogP contribution in [0.2, 0.25) is 0 Å². The molecule has 0 aliphatic heterocycles. The van der Waals surface area contributed by atoms with Crippen LogP contribution in [0, 0.1) is 0 Å². The number of nitrogens with zero attached hydrogens (tertiary/aromatic N) is 2. The van der Waals surface area contributed by atoms with Crippen molar-refractivity contribution in [2.45, 2.75) is 6.61 Å². The molecular weight excluding hydrogens is 354 g/mol. The number of benzene rings is 3. The Morgan fingerprint density at radius 1 is 1.00 bits per heavy atom. The number of rotatable bonds is 7. The van der Waals surface area contributed by atoms with Gasteiger partial charge in [-0.15, -0.1) is 0 Å². The molecular formula is C22H19N3O3. The van der Waals surface area contributed by atoms with E-state index in [1.807, 2.05) is 72.8 Å². The molecule has 140 valence electrons. The number of ether oxygens (including phenoxy) is 2. The van der Waals surface area contributed by atoms with Gasteiger partial charge in [0.25, 0.3) is 0 Å². The lowest BCUT2D eigenvalue weighted by atomic mass is 10.2. The normalized spacial score (nSPS) is 11.0. The van der Waals surface area contributed by atoms with E-state index in [0.29, 0.717) is 29.7 Å². The third kappa shape index (κ3) is 4.12. The van der Waals surface area contributed by atoms with Crippen molar-refractivity contribution in [1.82, 2.24) is 4.98 Å². The Kier molecular flexibility index (Phi) is 5.20. The van der Waals surface area contributed by atoms with Gasteiger partial charge in [-0.05, 0) is 41.5 Å². The van der Waals surface area contributed by atoms with Crippen molar-refractivity contribution in [2.75, 3.05) is 12.5 Å². The SMILES string of the molecule is COc1cc(/C=N\Nc2nc3ccccc3o2)ccc1OCc1ccccc1. The zero-order chi connectivity index (χ0) is 19.2. The molecule has 0 aliphatic rings. The van der Waals surface area contributed by atoms with Crippen LogP contribution in [0.15, 0.2) is 82.3 Å². The molecule has 0 spiro atoms. The number of aromatic nitrogens is 1. The third-order valence-corrected chi connectivity index (χ3v) is 4.09. The van der Waals surface area contributed by atoms with Gasteiger partial charge in [0.05, 0.1) is 13.3 Å². The van der Waals surface area contributed by atoms with Gasteiger partial charge in [0.1, 0.15) is 12.1 Å². The van der Waals surface area contributed by atoms with Crippen LogP contribution < -0.4 is 14.9 Å². The minimum atomic E-state index is 0.340. The lowest BCUT2D eigenvalue weighted by Gasteiger charge is -2.11. The summed E-state index contributed by atoms with van der Waals surface area (Å²) in [6, 6.07) is 23.5. The van der Waals surface area contributed by atoms with Crippen molar-refractivity contribution in [3.63, 3.8) is 0 Å². The first-order valence-electron chi connectivity index (χ1n) is 8.81. The molecule has 6 heteroatoms. The van der Waals surface area contributed by atoms with Crippen molar-refractivity contribution >= 4 is 23.3 Å². The molecule has 0 radical (unpaired) electrons. The number of oxazole rings is 1. The van der Waals surface area contributed by atoms with E-state index in [9.17, 15) is 0 Å². The summed E-state index contributed by atoms with van der Waals surface area (Å²) in [6.07, 6.45) is 1.67. The Labute approximate surface area is 162 Å². The molecule has 0 saturated heterocycles. The fraction of sp³-hybridized carbons (Fsp3) is 0.0909. The predicted octanol–water partition coefficient (Wildman–Crippen LogP) is 4.86. The highest BCUT2D eigenvalue weighted by atomic mass is 16.5. The lowest BCUT2D eigenvalue weighted by Crippen LogP contribution is -1.98. The standard InChI is InChI=1S/C22H19N3O3/c1-26-21-13-17(11-12-20(21)27-15-16-7-3-2-4-8-16)14-23-25-22-24-18-9-5-6-10-19(18)28-22/h2-14H,15H2,1H3,(H,24,25)/b23-14-. The Hall–Kier alpha value is -3.80. The summed E-state index contributed by atoms with van der Waals surface area (Å²) in [5, 5.41) is 4.18. The second-order valence-electron chi connectivity index (χ2n) is 6.04. The topological polar surface area (TPSA) is 68.9 Å².